The zero-order chi connectivity index (χ0) is 11.8. The highest BCUT2D eigenvalue weighted by Gasteiger charge is 2.16. The van der Waals surface area contributed by atoms with E-state index in [-0.39, 0.29) is 5.54 Å². The molecule has 0 saturated heterocycles. The first-order chi connectivity index (χ1) is 7.47. The number of hydrogen-bond acceptors (Lipinski definition) is 2. The minimum atomic E-state index is -0.251. The average molecular weight is 231 g/mol. The Morgan fingerprint density at radius 2 is 1.94 bits per heavy atom. The van der Waals surface area contributed by atoms with Crippen LogP contribution in [-0.2, 0) is 5.54 Å². The van der Waals surface area contributed by atoms with Crippen LogP contribution in [0.2, 0.25) is 0 Å². The van der Waals surface area contributed by atoms with Crippen molar-refractivity contribution in [3.63, 3.8) is 0 Å². The van der Waals surface area contributed by atoms with Gasteiger partial charge in [0.2, 0.25) is 0 Å². The van der Waals surface area contributed by atoms with Crippen LogP contribution in [-0.4, -0.2) is 0 Å². The van der Waals surface area contributed by atoms with E-state index in [1.165, 1.54) is 21.6 Å². The summed E-state index contributed by atoms with van der Waals surface area (Å²) in [6.07, 6.45) is 0. The van der Waals surface area contributed by atoms with E-state index < -0.39 is 0 Å². The zero-order valence-electron chi connectivity index (χ0n) is 9.95. The number of nitrogens with two attached hydrogens (primary N) is 1. The maximum atomic E-state index is 6.08. The van der Waals surface area contributed by atoms with Gasteiger partial charge in [0, 0.05) is 10.4 Å². The van der Waals surface area contributed by atoms with Crippen molar-refractivity contribution in [3.05, 3.63) is 46.8 Å². The summed E-state index contributed by atoms with van der Waals surface area (Å²) in [7, 11) is 0. The molecule has 1 aromatic carbocycles. The molecule has 2 aromatic rings. The number of aryl methyl sites for hydroxylation is 1. The zero-order valence-corrected chi connectivity index (χ0v) is 10.8. The SMILES string of the molecule is Cc1cccc(-c2cc(C(C)(C)N)cs2)c1. The maximum absolute atomic E-state index is 6.08. The lowest BCUT2D eigenvalue weighted by molar-refractivity contribution is 0.557. The van der Waals surface area contributed by atoms with Crippen LogP contribution >= 0.6 is 11.3 Å². The second kappa shape index (κ2) is 4.04. The largest absolute Gasteiger partial charge is 0.322 e. The molecule has 0 bridgehead atoms. The molecule has 84 valence electrons. The van der Waals surface area contributed by atoms with Crippen LogP contribution in [0, 0.1) is 6.92 Å². The Balaban J connectivity index is 2.39. The lowest BCUT2D eigenvalue weighted by Crippen LogP contribution is -2.27. The second-order valence-electron chi connectivity index (χ2n) is 4.79. The standard InChI is InChI=1S/C14H17NS/c1-10-5-4-6-11(7-10)13-8-12(9-16-13)14(2,3)15/h4-9H,15H2,1-3H3. The molecule has 1 heterocycles. The summed E-state index contributed by atoms with van der Waals surface area (Å²) in [5, 5.41) is 2.15. The van der Waals surface area contributed by atoms with Gasteiger partial charge in [-0.2, -0.15) is 0 Å². The number of hydrogen-bond donors (Lipinski definition) is 1. The molecule has 0 aliphatic rings. The Hall–Kier alpha value is -1.12. The second-order valence-corrected chi connectivity index (χ2v) is 5.70. The maximum Gasteiger partial charge on any atom is 0.0360 e. The predicted molar refractivity (Wildman–Crippen MR) is 71.7 cm³/mol. The topological polar surface area (TPSA) is 26.0 Å². The van der Waals surface area contributed by atoms with E-state index in [2.05, 4.69) is 42.6 Å². The summed E-state index contributed by atoms with van der Waals surface area (Å²) in [5.74, 6) is 0. The van der Waals surface area contributed by atoms with Gasteiger partial charge in [-0.05, 0) is 43.3 Å². The Bertz CT molecular complexity index is 491. The summed E-state index contributed by atoms with van der Waals surface area (Å²) in [6, 6.07) is 10.8. The lowest BCUT2D eigenvalue weighted by Gasteiger charge is -2.16. The number of rotatable bonds is 2. The molecule has 1 aromatic heterocycles. The molecule has 0 saturated carbocycles. The van der Waals surface area contributed by atoms with Crippen molar-refractivity contribution in [1.82, 2.24) is 0 Å². The highest BCUT2D eigenvalue weighted by atomic mass is 32.1. The van der Waals surface area contributed by atoms with Gasteiger partial charge in [0.05, 0.1) is 0 Å². The Morgan fingerprint density at radius 1 is 1.19 bits per heavy atom. The van der Waals surface area contributed by atoms with Gasteiger partial charge < -0.3 is 5.73 Å². The lowest BCUT2D eigenvalue weighted by atomic mass is 9.98. The highest BCUT2D eigenvalue weighted by molar-refractivity contribution is 7.13. The van der Waals surface area contributed by atoms with Crippen molar-refractivity contribution < 1.29 is 0 Å². The van der Waals surface area contributed by atoms with Gasteiger partial charge in [0.25, 0.3) is 0 Å². The van der Waals surface area contributed by atoms with Crippen molar-refractivity contribution >= 4 is 11.3 Å². The van der Waals surface area contributed by atoms with Gasteiger partial charge in [0.1, 0.15) is 0 Å². The first kappa shape index (κ1) is 11.4. The fourth-order valence-corrected chi connectivity index (χ4v) is 2.71. The third kappa shape index (κ3) is 2.34. The normalized spacial score (nSPS) is 11.8. The van der Waals surface area contributed by atoms with E-state index in [9.17, 15) is 0 Å². The average Bonchev–Trinajstić information content (AvgIpc) is 2.65. The molecule has 0 aliphatic carbocycles. The molecule has 2 N–H and O–H groups in total. The van der Waals surface area contributed by atoms with E-state index in [1.807, 2.05) is 13.8 Å². The molecule has 0 atom stereocenters. The highest BCUT2D eigenvalue weighted by Crippen LogP contribution is 2.31. The van der Waals surface area contributed by atoms with Gasteiger partial charge in [-0.15, -0.1) is 11.3 Å². The third-order valence-electron chi connectivity index (χ3n) is 2.65. The van der Waals surface area contributed by atoms with Crippen molar-refractivity contribution in [3.8, 4) is 10.4 Å². The molecule has 2 rings (SSSR count). The van der Waals surface area contributed by atoms with E-state index in [4.69, 9.17) is 5.73 Å². The van der Waals surface area contributed by atoms with Crippen molar-refractivity contribution in [1.29, 1.82) is 0 Å². The van der Waals surface area contributed by atoms with Crippen LogP contribution in [0.4, 0.5) is 0 Å². The van der Waals surface area contributed by atoms with Gasteiger partial charge >= 0.3 is 0 Å². The first-order valence-corrected chi connectivity index (χ1v) is 6.30. The smallest absolute Gasteiger partial charge is 0.0360 e. The molecular weight excluding hydrogens is 214 g/mol. The van der Waals surface area contributed by atoms with Crippen molar-refractivity contribution in [2.24, 2.45) is 5.73 Å². The minimum absolute atomic E-state index is 0.251. The fraction of sp³-hybridized carbons (Fsp3) is 0.286. The van der Waals surface area contributed by atoms with E-state index in [1.54, 1.807) is 11.3 Å². The Morgan fingerprint density at radius 3 is 2.50 bits per heavy atom. The van der Waals surface area contributed by atoms with Crippen LogP contribution in [0.1, 0.15) is 25.0 Å². The summed E-state index contributed by atoms with van der Waals surface area (Å²) in [5.41, 5.74) is 9.61. The van der Waals surface area contributed by atoms with Gasteiger partial charge in [0.15, 0.2) is 0 Å². The number of benzene rings is 1. The summed E-state index contributed by atoms with van der Waals surface area (Å²) in [4.78, 5) is 1.29. The molecule has 2 heteroatoms. The molecule has 0 aliphatic heterocycles. The van der Waals surface area contributed by atoms with Crippen LogP contribution < -0.4 is 5.73 Å². The quantitative estimate of drug-likeness (QED) is 0.833. The minimum Gasteiger partial charge on any atom is -0.322 e. The van der Waals surface area contributed by atoms with Gasteiger partial charge in [-0.25, -0.2) is 0 Å². The number of thiophene rings is 1. The predicted octanol–water partition coefficient (Wildman–Crippen LogP) is 3.92. The van der Waals surface area contributed by atoms with Crippen LogP contribution in [0.25, 0.3) is 10.4 Å². The van der Waals surface area contributed by atoms with Crippen molar-refractivity contribution in [2.75, 3.05) is 0 Å². The van der Waals surface area contributed by atoms with E-state index in [0.717, 1.165) is 0 Å². The monoisotopic (exact) mass is 231 g/mol. The third-order valence-corrected chi connectivity index (χ3v) is 3.63. The molecule has 1 nitrogen and oxygen atoms in total. The molecule has 0 unspecified atom stereocenters. The summed E-state index contributed by atoms with van der Waals surface area (Å²) in [6.45, 7) is 6.19. The van der Waals surface area contributed by atoms with Crippen LogP contribution in [0.3, 0.4) is 0 Å². The Kier molecular flexibility index (Phi) is 2.87. The molecule has 0 amide bonds. The van der Waals surface area contributed by atoms with Crippen LogP contribution in [0.15, 0.2) is 35.7 Å². The molecule has 0 spiro atoms. The first-order valence-electron chi connectivity index (χ1n) is 5.42. The van der Waals surface area contributed by atoms with Gasteiger partial charge in [-0.1, -0.05) is 29.8 Å². The van der Waals surface area contributed by atoms with E-state index >= 15 is 0 Å². The van der Waals surface area contributed by atoms with Crippen molar-refractivity contribution in [2.45, 2.75) is 26.3 Å². The van der Waals surface area contributed by atoms with Crippen LogP contribution in [0.5, 0.6) is 0 Å². The Labute approximate surface area is 101 Å². The molecular formula is C14H17NS. The van der Waals surface area contributed by atoms with Gasteiger partial charge in [-0.3, -0.25) is 0 Å². The summed E-state index contributed by atoms with van der Waals surface area (Å²) >= 11 is 1.76. The summed E-state index contributed by atoms with van der Waals surface area (Å²) < 4.78 is 0. The van der Waals surface area contributed by atoms with E-state index in [0.29, 0.717) is 0 Å². The molecule has 0 fully saturated rings. The fourth-order valence-electron chi connectivity index (χ4n) is 1.62. The molecule has 16 heavy (non-hydrogen) atoms. The molecule has 0 radical (unpaired) electrons.